The molecule has 0 radical (unpaired) electrons. The number of aryl methyl sites for hydroxylation is 1. The van der Waals surface area contributed by atoms with Crippen molar-refractivity contribution in [2.45, 2.75) is 52.4 Å². The molecule has 0 aliphatic rings. The van der Waals surface area contributed by atoms with Crippen LogP contribution in [0.5, 0.6) is 0 Å². The van der Waals surface area contributed by atoms with Crippen LogP contribution in [0.1, 0.15) is 33.3 Å². The van der Waals surface area contributed by atoms with Gasteiger partial charge >= 0.3 is 8.80 Å². The minimum absolute atomic E-state index is 0.0978. The van der Waals surface area contributed by atoms with Gasteiger partial charge in [-0.25, -0.2) is 17.6 Å². The summed E-state index contributed by atoms with van der Waals surface area (Å²) in [4.78, 5) is 0. The molecule has 0 aliphatic carbocycles. The van der Waals surface area contributed by atoms with Gasteiger partial charge in [-0.1, -0.05) is 0 Å². The standard InChI is InChI=1S/C15H22F4O3Si/c1-9(2)21-23(20-5,22-10(3)4)7-6-11-8-12(16)14(18)15(19)13(11)17/h8-10H,6-7H2,1-5H3. The van der Waals surface area contributed by atoms with Crippen LogP contribution >= 0.6 is 0 Å². The Morgan fingerprint density at radius 3 is 1.87 bits per heavy atom. The van der Waals surface area contributed by atoms with E-state index in [1.807, 2.05) is 0 Å². The molecule has 1 rings (SSSR count). The van der Waals surface area contributed by atoms with Gasteiger partial charge in [0.1, 0.15) is 0 Å². The smallest absolute Gasteiger partial charge is 0.377 e. The van der Waals surface area contributed by atoms with Gasteiger partial charge in [-0.15, -0.1) is 0 Å². The number of benzene rings is 1. The Hall–Kier alpha value is -0.963. The van der Waals surface area contributed by atoms with Gasteiger partial charge in [-0.3, -0.25) is 0 Å². The van der Waals surface area contributed by atoms with Crippen molar-refractivity contribution in [3.05, 3.63) is 34.9 Å². The Labute approximate surface area is 134 Å². The summed E-state index contributed by atoms with van der Waals surface area (Å²) in [6, 6.07) is 0.759. The van der Waals surface area contributed by atoms with E-state index in [0.29, 0.717) is 6.07 Å². The predicted molar refractivity (Wildman–Crippen MR) is 80.0 cm³/mol. The minimum Gasteiger partial charge on any atom is -0.377 e. The Balaban J connectivity index is 3.02. The number of rotatable bonds is 8. The maximum Gasteiger partial charge on any atom is 0.501 e. The Morgan fingerprint density at radius 2 is 1.43 bits per heavy atom. The number of hydrogen-bond acceptors (Lipinski definition) is 3. The summed E-state index contributed by atoms with van der Waals surface area (Å²) < 4.78 is 70.3. The molecule has 3 nitrogen and oxygen atoms in total. The lowest BCUT2D eigenvalue weighted by Gasteiger charge is -2.31. The van der Waals surface area contributed by atoms with Gasteiger partial charge < -0.3 is 13.3 Å². The minimum atomic E-state index is -3.16. The molecule has 0 saturated carbocycles. The third-order valence-electron chi connectivity index (χ3n) is 3.02. The van der Waals surface area contributed by atoms with Gasteiger partial charge in [-0.2, -0.15) is 0 Å². The maximum absolute atomic E-state index is 13.8. The average molecular weight is 354 g/mol. The van der Waals surface area contributed by atoms with Gasteiger partial charge in [0.05, 0.1) is 0 Å². The summed E-state index contributed by atoms with van der Waals surface area (Å²) in [5.41, 5.74) is -0.282. The topological polar surface area (TPSA) is 27.7 Å². The van der Waals surface area contributed by atoms with E-state index < -0.39 is 32.1 Å². The van der Waals surface area contributed by atoms with E-state index in [2.05, 4.69) is 0 Å². The molecule has 132 valence electrons. The van der Waals surface area contributed by atoms with E-state index in [4.69, 9.17) is 13.3 Å². The van der Waals surface area contributed by atoms with Crippen molar-refractivity contribution >= 4 is 8.80 Å². The normalized spacial score (nSPS) is 12.5. The molecule has 0 aromatic heterocycles. The van der Waals surface area contributed by atoms with Crippen LogP contribution < -0.4 is 0 Å². The van der Waals surface area contributed by atoms with Crippen molar-refractivity contribution in [2.75, 3.05) is 7.11 Å². The third kappa shape index (κ3) is 5.27. The first-order valence-corrected chi connectivity index (χ1v) is 9.27. The molecule has 8 heteroatoms. The lowest BCUT2D eigenvalue weighted by molar-refractivity contribution is 0.0328. The second-order valence-corrected chi connectivity index (χ2v) is 8.43. The highest BCUT2D eigenvalue weighted by molar-refractivity contribution is 6.60. The molecule has 0 fully saturated rings. The second kappa shape index (κ2) is 8.23. The van der Waals surface area contributed by atoms with Crippen molar-refractivity contribution in [3.63, 3.8) is 0 Å². The number of halogens is 4. The van der Waals surface area contributed by atoms with Crippen molar-refractivity contribution in [1.82, 2.24) is 0 Å². The molecule has 0 unspecified atom stereocenters. The van der Waals surface area contributed by atoms with Crippen molar-refractivity contribution < 1.29 is 30.8 Å². The first-order chi connectivity index (χ1) is 10.6. The molecule has 0 saturated heterocycles. The van der Waals surface area contributed by atoms with E-state index >= 15 is 0 Å². The van der Waals surface area contributed by atoms with Crippen LogP contribution in [0.25, 0.3) is 0 Å². The lowest BCUT2D eigenvalue weighted by atomic mass is 10.1. The summed E-state index contributed by atoms with van der Waals surface area (Å²) in [5.74, 6) is -6.48. The van der Waals surface area contributed by atoms with Crippen LogP contribution in [-0.2, 0) is 19.7 Å². The molecule has 1 aromatic carbocycles. The van der Waals surface area contributed by atoms with Crippen LogP contribution in [0, 0.1) is 23.3 Å². The molecule has 0 amide bonds. The molecule has 1 aromatic rings. The molecule has 0 N–H and O–H groups in total. The molecular weight excluding hydrogens is 332 g/mol. The van der Waals surface area contributed by atoms with Crippen LogP contribution in [0.2, 0.25) is 6.04 Å². The fourth-order valence-corrected chi connectivity index (χ4v) is 4.85. The number of hydrogen-bond donors (Lipinski definition) is 0. The monoisotopic (exact) mass is 354 g/mol. The van der Waals surface area contributed by atoms with Gasteiger partial charge in [0.2, 0.25) is 0 Å². The third-order valence-corrected chi connectivity index (χ3v) is 6.17. The summed E-state index contributed by atoms with van der Waals surface area (Å²) >= 11 is 0. The zero-order valence-electron chi connectivity index (χ0n) is 13.9. The fraction of sp³-hybridized carbons (Fsp3) is 0.600. The van der Waals surface area contributed by atoms with Crippen LogP contribution in [-0.4, -0.2) is 28.1 Å². The molecule has 0 bridgehead atoms. The van der Waals surface area contributed by atoms with Crippen molar-refractivity contribution in [3.8, 4) is 0 Å². The zero-order chi connectivity index (χ0) is 17.8. The van der Waals surface area contributed by atoms with Gasteiger partial charge in [0.15, 0.2) is 23.3 Å². The van der Waals surface area contributed by atoms with E-state index in [1.165, 1.54) is 7.11 Å². The van der Waals surface area contributed by atoms with E-state index in [0.717, 1.165) is 0 Å². The van der Waals surface area contributed by atoms with Gasteiger partial charge in [-0.05, 0) is 45.7 Å². The Kier molecular flexibility index (Phi) is 7.18. The molecular formula is C15H22F4O3Si. The quantitative estimate of drug-likeness (QED) is 0.303. The van der Waals surface area contributed by atoms with Crippen molar-refractivity contribution in [2.24, 2.45) is 0 Å². The highest BCUT2D eigenvalue weighted by Crippen LogP contribution is 2.25. The first kappa shape index (κ1) is 20.1. The van der Waals surface area contributed by atoms with Crippen molar-refractivity contribution in [1.29, 1.82) is 0 Å². The SMILES string of the molecule is CO[Si](CCc1cc(F)c(F)c(F)c1F)(OC(C)C)OC(C)C. The second-order valence-electron chi connectivity index (χ2n) is 5.68. The highest BCUT2D eigenvalue weighted by atomic mass is 28.4. The van der Waals surface area contributed by atoms with Crippen LogP contribution in [0.15, 0.2) is 6.07 Å². The largest absolute Gasteiger partial charge is 0.501 e. The average Bonchev–Trinajstić information content (AvgIpc) is 2.46. The highest BCUT2D eigenvalue weighted by Gasteiger charge is 2.42. The molecule has 0 aliphatic heterocycles. The van der Waals surface area contributed by atoms with E-state index in [1.54, 1.807) is 27.7 Å². The lowest BCUT2D eigenvalue weighted by Crippen LogP contribution is -2.48. The summed E-state index contributed by atoms with van der Waals surface area (Å²) in [6.07, 6.45) is -0.502. The summed E-state index contributed by atoms with van der Waals surface area (Å²) in [7, 11) is -1.74. The van der Waals surface area contributed by atoms with Gasteiger partial charge in [0.25, 0.3) is 0 Å². The Bertz CT molecular complexity index is 528. The van der Waals surface area contributed by atoms with Crippen LogP contribution in [0.3, 0.4) is 0 Å². The predicted octanol–water partition coefficient (Wildman–Crippen LogP) is 4.22. The molecule has 0 heterocycles. The zero-order valence-corrected chi connectivity index (χ0v) is 14.9. The molecule has 0 spiro atoms. The van der Waals surface area contributed by atoms with Gasteiger partial charge in [0, 0.05) is 25.4 Å². The molecule has 23 heavy (non-hydrogen) atoms. The molecule has 0 atom stereocenters. The maximum atomic E-state index is 13.8. The van der Waals surface area contributed by atoms with E-state index in [9.17, 15) is 17.6 Å². The van der Waals surface area contributed by atoms with E-state index in [-0.39, 0.29) is 30.2 Å². The Morgan fingerprint density at radius 1 is 0.913 bits per heavy atom. The summed E-state index contributed by atoms with van der Waals surface area (Å²) in [6.45, 7) is 7.18. The first-order valence-electron chi connectivity index (χ1n) is 7.34. The van der Waals surface area contributed by atoms with Crippen LogP contribution in [0.4, 0.5) is 17.6 Å². The summed E-state index contributed by atoms with van der Waals surface area (Å²) in [5, 5.41) is 0. The fourth-order valence-electron chi connectivity index (χ4n) is 2.15.